The van der Waals surface area contributed by atoms with Gasteiger partial charge in [-0.15, -0.1) is 0 Å². The molecule has 0 saturated heterocycles. The smallest absolute Gasteiger partial charge is 0.129 e. The van der Waals surface area contributed by atoms with Crippen molar-refractivity contribution in [3.05, 3.63) is 118 Å². The molecule has 0 atom stereocenters. The molecule has 8 heteroatoms. The fourth-order valence-corrected chi connectivity index (χ4v) is 10.7. The van der Waals surface area contributed by atoms with Crippen molar-refractivity contribution in [3.63, 3.8) is 0 Å². The van der Waals surface area contributed by atoms with Gasteiger partial charge in [0, 0.05) is 38.8 Å². The third kappa shape index (κ3) is 7.72. The van der Waals surface area contributed by atoms with Gasteiger partial charge in [-0.1, -0.05) is 89.6 Å². The van der Waals surface area contributed by atoms with Crippen molar-refractivity contribution in [2.75, 3.05) is 21.3 Å². The van der Waals surface area contributed by atoms with Crippen LogP contribution in [0.1, 0.15) is 74.9 Å². The predicted octanol–water partition coefficient (Wildman–Crippen LogP) is 10.2. The first kappa shape index (κ1) is 39.2. The summed E-state index contributed by atoms with van der Waals surface area (Å²) in [4.78, 5) is 5.01. The molecule has 278 valence electrons. The van der Waals surface area contributed by atoms with Gasteiger partial charge in [-0.25, -0.2) is 0 Å². The van der Waals surface area contributed by atoms with E-state index in [9.17, 15) is 10.2 Å². The Bertz CT molecular complexity index is 2140. The number of aliphatic imine (C=N–C) groups is 1. The number of benzene rings is 5. The van der Waals surface area contributed by atoms with Crippen LogP contribution < -0.4 is 30.1 Å². The Kier molecular flexibility index (Phi) is 11.2. The number of rotatable bonds is 9. The summed E-state index contributed by atoms with van der Waals surface area (Å²) in [5.74, 6) is 1.79. The highest BCUT2D eigenvalue weighted by molar-refractivity contribution is 7.88. The molecule has 0 heterocycles. The van der Waals surface area contributed by atoms with Crippen LogP contribution in [-0.2, 0) is 10.8 Å². The largest absolute Gasteiger partial charge is 0.507 e. The van der Waals surface area contributed by atoms with Crippen LogP contribution in [0.3, 0.4) is 0 Å². The fourth-order valence-electron chi connectivity index (χ4n) is 6.87. The van der Waals surface area contributed by atoms with E-state index in [2.05, 4.69) is 32.9 Å². The molecule has 5 rings (SSSR count). The second kappa shape index (κ2) is 15.2. The molecular formula is C45H53N2O5P. The first-order chi connectivity index (χ1) is 25.0. The molecule has 0 saturated carbocycles. The van der Waals surface area contributed by atoms with Crippen molar-refractivity contribution in [2.24, 2.45) is 9.74 Å². The van der Waals surface area contributed by atoms with Gasteiger partial charge in [0.1, 0.15) is 28.7 Å². The molecule has 0 radical (unpaired) electrons. The number of phenols is 2. The molecule has 0 unspecified atom stereocenters. The summed E-state index contributed by atoms with van der Waals surface area (Å²) in [6, 6.07) is 27.2. The number of aryl methyl sites for hydroxylation is 3. The Hall–Kier alpha value is -5.00. The number of methoxy groups -OCH3 is 3. The van der Waals surface area contributed by atoms with E-state index in [0.29, 0.717) is 50.0 Å². The number of hydrogen-bond donors (Lipinski definition) is 2. The highest BCUT2D eigenvalue weighted by atomic mass is 31.2. The number of nitrogens with zero attached hydrogens (tertiary/aromatic N) is 2. The molecular weight excluding hydrogens is 679 g/mol. The maximum atomic E-state index is 12.6. The van der Waals surface area contributed by atoms with Crippen molar-refractivity contribution in [2.45, 2.75) is 73.1 Å². The van der Waals surface area contributed by atoms with Crippen molar-refractivity contribution in [3.8, 4) is 28.7 Å². The molecule has 0 aliphatic heterocycles. The summed E-state index contributed by atoms with van der Waals surface area (Å²) in [7, 11) is 1.31. The normalized spacial score (nSPS) is 12.2. The van der Waals surface area contributed by atoms with Crippen LogP contribution in [0, 0.1) is 20.8 Å². The van der Waals surface area contributed by atoms with Crippen LogP contribution in [0.15, 0.2) is 94.7 Å². The summed E-state index contributed by atoms with van der Waals surface area (Å²) >= 11 is 0. The van der Waals surface area contributed by atoms with E-state index in [-0.39, 0.29) is 11.5 Å². The van der Waals surface area contributed by atoms with E-state index in [0.717, 1.165) is 22.4 Å². The maximum absolute atomic E-state index is 12.6. The van der Waals surface area contributed by atoms with E-state index in [4.69, 9.17) is 23.9 Å². The minimum absolute atomic E-state index is 0.0675. The van der Waals surface area contributed by atoms with Gasteiger partial charge in [0.25, 0.3) is 0 Å². The molecule has 0 fully saturated rings. The highest BCUT2D eigenvalue weighted by Gasteiger charge is 2.40. The lowest BCUT2D eigenvalue weighted by molar-refractivity contribution is 0.407. The topological polar surface area (TPSA) is 92.9 Å². The third-order valence-corrected chi connectivity index (χ3v) is 13.2. The number of aromatic hydroxyl groups is 2. The summed E-state index contributed by atoms with van der Waals surface area (Å²) in [6.45, 7) is 18.5. The third-order valence-electron chi connectivity index (χ3n) is 9.51. The van der Waals surface area contributed by atoms with Crippen LogP contribution in [0.25, 0.3) is 0 Å². The highest BCUT2D eigenvalue weighted by Crippen LogP contribution is 2.58. The van der Waals surface area contributed by atoms with Gasteiger partial charge in [0.2, 0.25) is 0 Å². The van der Waals surface area contributed by atoms with E-state index >= 15 is 0 Å². The lowest BCUT2D eigenvalue weighted by Gasteiger charge is -2.33. The van der Waals surface area contributed by atoms with Gasteiger partial charge in [-0.3, -0.25) is 9.74 Å². The number of phenolic OH excluding ortho intramolecular Hbond substituents is 2. The van der Waals surface area contributed by atoms with Crippen LogP contribution >= 0.6 is 7.05 Å². The second-order valence-corrected chi connectivity index (χ2v) is 18.5. The first-order valence-electron chi connectivity index (χ1n) is 17.8. The minimum atomic E-state index is -3.55. The van der Waals surface area contributed by atoms with Gasteiger partial charge in [-0.05, 0) is 85.2 Å². The quantitative estimate of drug-likeness (QED) is 0.116. The minimum Gasteiger partial charge on any atom is -0.507 e. The number of hydrogen-bond acceptors (Lipinski definition) is 7. The fraction of sp³-hybridized carbons (Fsp3) is 0.311. The van der Waals surface area contributed by atoms with Crippen molar-refractivity contribution < 1.29 is 24.4 Å². The average molecular weight is 733 g/mol. The zero-order chi connectivity index (χ0) is 38.9. The Labute approximate surface area is 315 Å². The number of para-hydroxylation sites is 1. The molecule has 0 spiro atoms. The van der Waals surface area contributed by atoms with E-state index in [1.165, 1.54) is 5.56 Å². The maximum Gasteiger partial charge on any atom is 0.129 e. The molecule has 5 aromatic carbocycles. The number of ether oxygens (including phenoxy) is 3. The standard InChI is InChI=1S/C45H53N2O5P/c1-28-21-29(2)41(30(3)22-28)46-27-31-17-13-14-18-36(31)47-53(38-20-16-15-19-37(38)52-12,39-25-32(50-10)23-34(42(39)48)44(4,5)6)40-26-33(51-11)24-35(43(40)49)45(7,8)9/h13-27,48-49H,1-12H3. The van der Waals surface area contributed by atoms with Crippen molar-refractivity contribution in [1.82, 2.24) is 0 Å². The van der Waals surface area contributed by atoms with E-state index in [1.54, 1.807) is 21.3 Å². The van der Waals surface area contributed by atoms with Crippen LogP contribution in [0.2, 0.25) is 0 Å². The van der Waals surface area contributed by atoms with Gasteiger partial charge < -0.3 is 24.4 Å². The summed E-state index contributed by atoms with van der Waals surface area (Å²) < 4.78 is 23.8. The summed E-state index contributed by atoms with van der Waals surface area (Å²) in [5.41, 5.74) is 6.03. The summed E-state index contributed by atoms with van der Waals surface area (Å²) in [5, 5.41) is 27.0. The molecule has 7 nitrogen and oxygen atoms in total. The Balaban J connectivity index is 2.09. The molecule has 0 aromatic heterocycles. The van der Waals surface area contributed by atoms with Crippen LogP contribution in [-0.4, -0.2) is 37.8 Å². The molecule has 0 amide bonds. The van der Waals surface area contributed by atoms with Crippen LogP contribution in [0.4, 0.5) is 11.4 Å². The second-order valence-electron chi connectivity index (χ2n) is 15.6. The predicted molar refractivity (Wildman–Crippen MR) is 222 cm³/mol. The van der Waals surface area contributed by atoms with Gasteiger partial charge in [0.05, 0.1) is 39.8 Å². The van der Waals surface area contributed by atoms with Crippen molar-refractivity contribution >= 4 is 40.6 Å². The molecule has 0 aliphatic rings. The average Bonchev–Trinajstić information content (AvgIpc) is 3.10. The Morgan fingerprint density at radius 2 is 1.09 bits per heavy atom. The monoisotopic (exact) mass is 732 g/mol. The zero-order valence-corrected chi connectivity index (χ0v) is 34.0. The SMILES string of the molecule is COc1cc(C(C)(C)C)c(O)c(P(=Nc2ccccc2C=Nc2c(C)cc(C)cc2C)(c2ccccc2OC)c2cc(OC)cc(C(C)(C)C)c2O)c1. The summed E-state index contributed by atoms with van der Waals surface area (Å²) in [6.07, 6.45) is 1.85. The Morgan fingerprint density at radius 1 is 0.604 bits per heavy atom. The molecule has 5 aromatic rings. The lowest BCUT2D eigenvalue weighted by Crippen LogP contribution is -2.30. The van der Waals surface area contributed by atoms with E-state index < -0.39 is 17.9 Å². The van der Waals surface area contributed by atoms with E-state index in [1.807, 2.05) is 121 Å². The molecule has 53 heavy (non-hydrogen) atoms. The molecule has 0 aliphatic carbocycles. The molecule has 2 N–H and O–H groups in total. The molecule has 0 bridgehead atoms. The van der Waals surface area contributed by atoms with Gasteiger partial charge in [0.15, 0.2) is 0 Å². The Morgan fingerprint density at radius 3 is 1.58 bits per heavy atom. The first-order valence-corrected chi connectivity index (χ1v) is 19.5. The van der Waals surface area contributed by atoms with Crippen molar-refractivity contribution in [1.29, 1.82) is 0 Å². The van der Waals surface area contributed by atoms with Gasteiger partial charge in [-0.2, -0.15) is 0 Å². The lowest BCUT2D eigenvalue weighted by atomic mass is 9.86. The van der Waals surface area contributed by atoms with Crippen LogP contribution in [0.5, 0.6) is 28.7 Å². The van der Waals surface area contributed by atoms with Gasteiger partial charge >= 0.3 is 0 Å². The zero-order valence-electron chi connectivity index (χ0n) is 33.1.